The van der Waals surface area contributed by atoms with Gasteiger partial charge in [0.05, 0.1) is 34.0 Å². The summed E-state index contributed by atoms with van der Waals surface area (Å²) in [4.78, 5) is 25.1. The van der Waals surface area contributed by atoms with Crippen molar-refractivity contribution in [3.05, 3.63) is 64.3 Å². The molecule has 1 atom stereocenters. The van der Waals surface area contributed by atoms with Crippen molar-refractivity contribution in [2.45, 2.75) is 19.2 Å². The van der Waals surface area contributed by atoms with Crippen LogP contribution in [-0.4, -0.2) is 39.4 Å². The maximum absolute atomic E-state index is 13.4. The highest BCUT2D eigenvalue weighted by atomic mass is 35.5. The maximum Gasteiger partial charge on any atom is 0.417 e. The van der Waals surface area contributed by atoms with Crippen LogP contribution in [0.25, 0.3) is 10.9 Å². The number of nitrogens with one attached hydrogen (secondary N) is 1. The molecule has 0 saturated heterocycles. The summed E-state index contributed by atoms with van der Waals surface area (Å²) in [5, 5.41) is 15.7. The summed E-state index contributed by atoms with van der Waals surface area (Å²) in [5.41, 5.74) is -1.60. The Morgan fingerprint density at radius 3 is 2.66 bits per heavy atom. The Hall–Kier alpha value is -2.91. The maximum atomic E-state index is 13.4. The predicted octanol–water partition coefficient (Wildman–Crippen LogP) is 3.51. The monoisotopic (exact) mass is 425 g/mol. The molecule has 1 amide bonds. The fraction of sp³-hybridized carbons (Fsp3) is 0.211. The van der Waals surface area contributed by atoms with E-state index in [0.717, 1.165) is 16.8 Å². The molecule has 1 unspecified atom stereocenters. The standard InChI is InChI=1S/C19H15ClF3N3O3/c1-10(27)8-24-17(28)11-5-6-12-9-25-26(15(12)7-11)18(29)16-13(19(21,22)23)3-2-4-14(16)20/h2-7,9-10,27H,8H2,1H3,(H,24,28). The van der Waals surface area contributed by atoms with E-state index in [9.17, 15) is 27.9 Å². The number of fused-ring (bicyclic) bond motifs is 1. The minimum Gasteiger partial charge on any atom is -0.392 e. The van der Waals surface area contributed by atoms with Crippen molar-refractivity contribution >= 4 is 34.3 Å². The second-order valence-corrected chi connectivity index (χ2v) is 6.76. The van der Waals surface area contributed by atoms with Crippen molar-refractivity contribution in [2.75, 3.05) is 6.54 Å². The topological polar surface area (TPSA) is 84.2 Å². The number of benzene rings is 2. The lowest BCUT2D eigenvalue weighted by Gasteiger charge is -2.13. The van der Waals surface area contributed by atoms with E-state index >= 15 is 0 Å². The lowest BCUT2D eigenvalue weighted by molar-refractivity contribution is -0.137. The summed E-state index contributed by atoms with van der Waals surface area (Å²) >= 11 is 5.90. The highest BCUT2D eigenvalue weighted by Gasteiger charge is 2.37. The van der Waals surface area contributed by atoms with E-state index in [1.807, 2.05) is 0 Å². The number of aliphatic hydroxyl groups excluding tert-OH is 1. The zero-order chi connectivity index (χ0) is 21.3. The fourth-order valence-electron chi connectivity index (χ4n) is 2.75. The highest BCUT2D eigenvalue weighted by Crippen LogP contribution is 2.35. The molecule has 2 aromatic carbocycles. The summed E-state index contributed by atoms with van der Waals surface area (Å²) in [6, 6.07) is 7.38. The average molecular weight is 426 g/mol. The summed E-state index contributed by atoms with van der Waals surface area (Å²) in [7, 11) is 0. The quantitative estimate of drug-likeness (QED) is 0.670. The number of amides is 1. The molecule has 1 aromatic heterocycles. The first-order valence-electron chi connectivity index (χ1n) is 8.44. The smallest absolute Gasteiger partial charge is 0.392 e. The molecule has 10 heteroatoms. The van der Waals surface area contributed by atoms with E-state index in [2.05, 4.69) is 10.4 Å². The summed E-state index contributed by atoms with van der Waals surface area (Å²) in [6.45, 7) is 1.52. The van der Waals surface area contributed by atoms with Gasteiger partial charge >= 0.3 is 6.18 Å². The minimum atomic E-state index is -4.79. The van der Waals surface area contributed by atoms with Gasteiger partial charge in [0.1, 0.15) is 0 Å². The third-order valence-electron chi connectivity index (χ3n) is 4.12. The van der Waals surface area contributed by atoms with E-state index in [-0.39, 0.29) is 22.6 Å². The van der Waals surface area contributed by atoms with Crippen molar-refractivity contribution in [3.63, 3.8) is 0 Å². The zero-order valence-corrected chi connectivity index (χ0v) is 15.8. The number of nitrogens with zero attached hydrogens (tertiary/aromatic N) is 2. The largest absolute Gasteiger partial charge is 0.417 e. The molecule has 0 fully saturated rings. The third kappa shape index (κ3) is 4.25. The van der Waals surface area contributed by atoms with Gasteiger partial charge in [0.25, 0.3) is 11.8 Å². The number of alkyl halides is 3. The van der Waals surface area contributed by atoms with Gasteiger partial charge in [0.15, 0.2) is 0 Å². The van der Waals surface area contributed by atoms with Gasteiger partial charge in [0.2, 0.25) is 0 Å². The molecule has 0 spiro atoms. The second kappa shape index (κ2) is 7.84. The molecule has 2 N–H and O–H groups in total. The van der Waals surface area contributed by atoms with E-state index in [1.54, 1.807) is 0 Å². The molecule has 6 nitrogen and oxygen atoms in total. The molecule has 0 aliphatic heterocycles. The first kappa shape index (κ1) is 20.8. The Morgan fingerprint density at radius 2 is 2.00 bits per heavy atom. The first-order chi connectivity index (χ1) is 13.6. The van der Waals surface area contributed by atoms with Crippen LogP contribution in [-0.2, 0) is 6.18 Å². The third-order valence-corrected chi connectivity index (χ3v) is 4.43. The molecule has 3 aromatic rings. The summed E-state index contributed by atoms with van der Waals surface area (Å²) in [6.07, 6.45) is -4.24. The molecular weight excluding hydrogens is 411 g/mol. The Bertz CT molecular complexity index is 1090. The van der Waals surface area contributed by atoms with Gasteiger partial charge in [-0.15, -0.1) is 0 Å². The second-order valence-electron chi connectivity index (χ2n) is 6.35. The van der Waals surface area contributed by atoms with Crippen LogP contribution in [0.3, 0.4) is 0 Å². The van der Waals surface area contributed by atoms with Crippen LogP contribution >= 0.6 is 11.6 Å². The van der Waals surface area contributed by atoms with Gasteiger partial charge < -0.3 is 10.4 Å². The van der Waals surface area contributed by atoms with Gasteiger partial charge in [-0.2, -0.15) is 23.0 Å². The molecule has 0 bridgehead atoms. The Labute approximate surface area is 167 Å². The van der Waals surface area contributed by atoms with Gasteiger partial charge in [-0.05, 0) is 31.2 Å². The van der Waals surface area contributed by atoms with Gasteiger partial charge in [-0.25, -0.2) is 0 Å². The van der Waals surface area contributed by atoms with Crippen LogP contribution in [0.4, 0.5) is 13.2 Å². The summed E-state index contributed by atoms with van der Waals surface area (Å²) in [5.74, 6) is -1.58. The lowest BCUT2D eigenvalue weighted by atomic mass is 10.1. The number of halogens is 4. The van der Waals surface area contributed by atoms with Crippen molar-refractivity contribution in [2.24, 2.45) is 0 Å². The van der Waals surface area contributed by atoms with Crippen LogP contribution in [0.5, 0.6) is 0 Å². The van der Waals surface area contributed by atoms with Crippen molar-refractivity contribution in [3.8, 4) is 0 Å². The van der Waals surface area contributed by atoms with E-state index < -0.39 is 35.2 Å². The molecule has 152 valence electrons. The van der Waals surface area contributed by atoms with Crippen molar-refractivity contribution in [1.82, 2.24) is 15.1 Å². The number of rotatable bonds is 4. The Morgan fingerprint density at radius 1 is 1.28 bits per heavy atom. The molecule has 1 heterocycles. The van der Waals surface area contributed by atoms with Crippen LogP contribution in [0.15, 0.2) is 42.6 Å². The molecular formula is C19H15ClF3N3O3. The van der Waals surface area contributed by atoms with Gasteiger partial charge in [-0.1, -0.05) is 23.7 Å². The SMILES string of the molecule is CC(O)CNC(=O)c1ccc2cnn(C(=O)c3c(Cl)cccc3C(F)(F)F)c2c1. The number of hydrogen-bond acceptors (Lipinski definition) is 4. The number of carbonyl (C=O) groups is 2. The normalized spacial score (nSPS) is 12.8. The number of aromatic nitrogens is 2. The molecule has 3 rings (SSSR count). The van der Waals surface area contributed by atoms with Gasteiger partial charge in [0, 0.05) is 17.5 Å². The molecule has 29 heavy (non-hydrogen) atoms. The Balaban J connectivity index is 2.06. The lowest BCUT2D eigenvalue weighted by Crippen LogP contribution is -2.30. The van der Waals surface area contributed by atoms with Crippen LogP contribution in [0.2, 0.25) is 5.02 Å². The molecule has 0 aliphatic carbocycles. The molecule has 0 radical (unpaired) electrons. The van der Waals surface area contributed by atoms with Crippen molar-refractivity contribution < 1.29 is 27.9 Å². The highest BCUT2D eigenvalue weighted by molar-refractivity contribution is 6.34. The van der Waals surface area contributed by atoms with E-state index in [4.69, 9.17) is 11.6 Å². The van der Waals surface area contributed by atoms with E-state index in [0.29, 0.717) is 5.39 Å². The predicted molar refractivity (Wildman–Crippen MR) is 99.9 cm³/mol. The minimum absolute atomic E-state index is 0.0175. The first-order valence-corrected chi connectivity index (χ1v) is 8.82. The van der Waals surface area contributed by atoms with Crippen molar-refractivity contribution in [1.29, 1.82) is 0 Å². The molecule has 0 saturated carbocycles. The summed E-state index contributed by atoms with van der Waals surface area (Å²) < 4.78 is 40.8. The Kier molecular flexibility index (Phi) is 5.63. The van der Waals surface area contributed by atoms with Crippen LogP contribution in [0.1, 0.15) is 33.2 Å². The zero-order valence-electron chi connectivity index (χ0n) is 15.0. The van der Waals surface area contributed by atoms with E-state index in [1.165, 1.54) is 37.4 Å². The fourth-order valence-corrected chi connectivity index (χ4v) is 3.00. The van der Waals surface area contributed by atoms with Gasteiger partial charge in [-0.3, -0.25) is 9.59 Å². The molecule has 0 aliphatic rings. The van der Waals surface area contributed by atoms with Crippen LogP contribution in [0, 0.1) is 0 Å². The number of carbonyl (C=O) groups excluding carboxylic acids is 2. The number of hydrogen-bond donors (Lipinski definition) is 2. The van der Waals surface area contributed by atoms with Crippen LogP contribution < -0.4 is 5.32 Å². The number of aliphatic hydroxyl groups is 1. The average Bonchev–Trinajstić information content (AvgIpc) is 3.07.